The molecule has 8 nitrogen and oxygen atoms in total. The van der Waals surface area contributed by atoms with Gasteiger partial charge in [-0.1, -0.05) is 155 Å². The highest BCUT2D eigenvalue weighted by atomic mass is 16.7. The molecule has 244 valence electrons. The van der Waals surface area contributed by atoms with Gasteiger partial charge >= 0.3 is 11.9 Å². The Bertz CT molecular complexity index is 568. The lowest BCUT2D eigenvalue weighted by molar-refractivity contribution is -0.233. The number of carbonyl (C=O) groups excluding carboxylic acids is 2. The van der Waals surface area contributed by atoms with Crippen molar-refractivity contribution in [1.29, 1.82) is 0 Å². The van der Waals surface area contributed by atoms with Gasteiger partial charge in [0.2, 0.25) is 6.79 Å². The van der Waals surface area contributed by atoms with Crippen LogP contribution in [0.5, 0.6) is 0 Å². The van der Waals surface area contributed by atoms with Crippen LogP contribution >= 0.6 is 0 Å². The molecule has 0 bridgehead atoms. The molecule has 8 heteroatoms. The third-order valence-electron chi connectivity index (χ3n) is 7.79. The van der Waals surface area contributed by atoms with Crippen molar-refractivity contribution in [2.45, 2.75) is 192 Å². The van der Waals surface area contributed by atoms with Gasteiger partial charge in [-0.2, -0.15) is 0 Å². The molecule has 0 unspecified atom stereocenters. The van der Waals surface area contributed by atoms with Crippen molar-refractivity contribution in [3.8, 4) is 0 Å². The summed E-state index contributed by atoms with van der Waals surface area (Å²) in [6, 6.07) is 0. The summed E-state index contributed by atoms with van der Waals surface area (Å²) in [5.74, 6) is -7.99. The van der Waals surface area contributed by atoms with Crippen LogP contribution in [0, 0.1) is 0 Å². The summed E-state index contributed by atoms with van der Waals surface area (Å²) in [5.41, 5.74) is 0. The van der Waals surface area contributed by atoms with Gasteiger partial charge in [0.1, 0.15) is 0 Å². The van der Waals surface area contributed by atoms with Crippen LogP contribution in [0.2, 0.25) is 0 Å². The zero-order chi connectivity index (χ0) is 30.7. The lowest BCUT2D eigenvalue weighted by atomic mass is 10.0. The van der Waals surface area contributed by atoms with E-state index < -0.39 is 30.3 Å². The Kier molecular flexibility index (Phi) is 25.6. The molecule has 0 saturated heterocycles. The van der Waals surface area contributed by atoms with Crippen LogP contribution in [0.25, 0.3) is 0 Å². The second-order valence-electron chi connectivity index (χ2n) is 11.9. The lowest BCUT2D eigenvalue weighted by Crippen LogP contribution is -2.42. The zero-order valence-corrected chi connectivity index (χ0v) is 26.5. The molecule has 0 atom stereocenters. The third-order valence-corrected chi connectivity index (χ3v) is 7.79. The molecule has 0 radical (unpaired) electrons. The summed E-state index contributed by atoms with van der Waals surface area (Å²) in [5, 5.41) is 40.0. The van der Waals surface area contributed by atoms with Gasteiger partial charge in [0.25, 0.3) is 11.6 Å². The van der Waals surface area contributed by atoms with Crippen LogP contribution in [-0.2, 0) is 19.1 Å². The standard InChI is InChI=1S/C33H64O8/c1-3-5-7-9-11-13-15-17-19-21-23-25-27-32(36,37)30(34)40-29-41-31(35)33(38,39)28-26-24-22-20-18-16-14-12-10-8-6-4-2/h36-39H,3-29H2,1-2H3. The largest absolute Gasteiger partial charge is 0.424 e. The first-order valence-corrected chi connectivity index (χ1v) is 16.9. The van der Waals surface area contributed by atoms with Gasteiger partial charge < -0.3 is 29.9 Å². The number of carbonyl (C=O) groups is 2. The quantitative estimate of drug-likeness (QED) is 0.0383. The Morgan fingerprint density at radius 2 is 0.634 bits per heavy atom. The number of rotatable bonds is 30. The Morgan fingerprint density at radius 1 is 0.415 bits per heavy atom. The van der Waals surface area contributed by atoms with Crippen molar-refractivity contribution in [2.24, 2.45) is 0 Å². The van der Waals surface area contributed by atoms with Crippen LogP contribution in [-0.4, -0.2) is 50.7 Å². The fourth-order valence-corrected chi connectivity index (χ4v) is 5.00. The van der Waals surface area contributed by atoms with Gasteiger partial charge in [0.15, 0.2) is 0 Å². The fourth-order valence-electron chi connectivity index (χ4n) is 5.00. The Labute approximate surface area is 250 Å². The van der Waals surface area contributed by atoms with E-state index in [-0.39, 0.29) is 12.8 Å². The number of aliphatic hydroxyl groups is 4. The van der Waals surface area contributed by atoms with Crippen LogP contribution < -0.4 is 0 Å². The van der Waals surface area contributed by atoms with Gasteiger partial charge in [-0.05, 0) is 12.8 Å². The van der Waals surface area contributed by atoms with Crippen molar-refractivity contribution < 1.29 is 39.5 Å². The van der Waals surface area contributed by atoms with Crippen molar-refractivity contribution >= 4 is 11.9 Å². The minimum absolute atomic E-state index is 0.180. The van der Waals surface area contributed by atoms with Crippen molar-refractivity contribution in [3.05, 3.63) is 0 Å². The highest BCUT2D eigenvalue weighted by Crippen LogP contribution is 2.19. The summed E-state index contributed by atoms with van der Waals surface area (Å²) in [4.78, 5) is 24.0. The van der Waals surface area contributed by atoms with Gasteiger partial charge in [0, 0.05) is 12.8 Å². The van der Waals surface area contributed by atoms with Gasteiger partial charge in [-0.15, -0.1) is 0 Å². The van der Waals surface area contributed by atoms with Crippen molar-refractivity contribution in [2.75, 3.05) is 6.79 Å². The van der Waals surface area contributed by atoms with E-state index in [1.165, 1.54) is 103 Å². The average Bonchev–Trinajstić information content (AvgIpc) is 2.94. The van der Waals surface area contributed by atoms with Gasteiger partial charge in [0.05, 0.1) is 0 Å². The number of unbranched alkanes of at least 4 members (excludes halogenated alkanes) is 22. The van der Waals surface area contributed by atoms with Crippen molar-refractivity contribution in [1.82, 2.24) is 0 Å². The maximum Gasteiger partial charge on any atom is 0.369 e. The number of esters is 2. The minimum atomic E-state index is -2.67. The van der Waals surface area contributed by atoms with Gasteiger partial charge in [-0.3, -0.25) is 0 Å². The topological polar surface area (TPSA) is 134 Å². The number of ether oxygens (including phenoxy) is 2. The Morgan fingerprint density at radius 3 is 0.878 bits per heavy atom. The van der Waals surface area contributed by atoms with E-state index in [4.69, 9.17) is 0 Å². The second kappa shape index (κ2) is 26.4. The highest BCUT2D eigenvalue weighted by Gasteiger charge is 2.37. The maximum absolute atomic E-state index is 12.0. The summed E-state index contributed by atoms with van der Waals surface area (Å²) in [6.07, 6.45) is 26.6. The second-order valence-corrected chi connectivity index (χ2v) is 11.9. The molecule has 0 aliphatic carbocycles. The predicted octanol–water partition coefficient (Wildman–Crippen LogP) is 7.57. The van der Waals surface area contributed by atoms with Gasteiger partial charge in [-0.25, -0.2) is 9.59 Å². The first kappa shape index (κ1) is 39.8. The fraction of sp³-hybridized carbons (Fsp3) is 0.939. The molecule has 0 heterocycles. The predicted molar refractivity (Wildman–Crippen MR) is 163 cm³/mol. The molecule has 0 spiro atoms. The molecule has 0 rings (SSSR count). The molecule has 0 aromatic rings. The third kappa shape index (κ3) is 24.0. The molecular weight excluding hydrogens is 524 g/mol. The van der Waals surface area contributed by atoms with Crippen LogP contribution in [0.1, 0.15) is 181 Å². The Hall–Kier alpha value is -1.22. The molecule has 0 aliphatic heterocycles. The summed E-state index contributed by atoms with van der Waals surface area (Å²) in [6.45, 7) is 3.52. The summed E-state index contributed by atoms with van der Waals surface area (Å²) in [7, 11) is 0. The minimum Gasteiger partial charge on any atom is -0.424 e. The van der Waals surface area contributed by atoms with E-state index in [0.29, 0.717) is 12.8 Å². The average molecular weight is 589 g/mol. The smallest absolute Gasteiger partial charge is 0.369 e. The highest BCUT2D eigenvalue weighted by molar-refractivity contribution is 5.78. The van der Waals surface area contributed by atoms with E-state index in [2.05, 4.69) is 23.3 Å². The number of hydrogen-bond donors (Lipinski definition) is 4. The summed E-state index contributed by atoms with van der Waals surface area (Å²) >= 11 is 0. The maximum atomic E-state index is 12.0. The molecule has 0 amide bonds. The lowest BCUT2D eigenvalue weighted by Gasteiger charge is -2.21. The van der Waals surface area contributed by atoms with Crippen LogP contribution in [0.3, 0.4) is 0 Å². The molecule has 0 saturated carbocycles. The van der Waals surface area contributed by atoms with E-state index in [0.717, 1.165) is 38.5 Å². The van der Waals surface area contributed by atoms with Crippen molar-refractivity contribution in [3.63, 3.8) is 0 Å². The number of hydrogen-bond acceptors (Lipinski definition) is 8. The molecule has 4 N–H and O–H groups in total. The molecule has 0 aliphatic rings. The van der Waals surface area contributed by atoms with E-state index in [9.17, 15) is 30.0 Å². The zero-order valence-electron chi connectivity index (χ0n) is 26.5. The SMILES string of the molecule is CCCCCCCCCCCCCCC(O)(O)C(=O)OCOC(=O)C(O)(O)CCCCCCCCCCCCCC. The van der Waals surface area contributed by atoms with E-state index >= 15 is 0 Å². The normalized spacial score (nSPS) is 12.0. The first-order valence-electron chi connectivity index (χ1n) is 16.9. The first-order chi connectivity index (χ1) is 19.7. The molecular formula is C33H64O8. The molecule has 41 heavy (non-hydrogen) atoms. The summed E-state index contributed by atoms with van der Waals surface area (Å²) < 4.78 is 9.29. The Balaban J connectivity index is 3.82. The van der Waals surface area contributed by atoms with Crippen LogP contribution in [0.4, 0.5) is 0 Å². The molecule has 0 fully saturated rings. The van der Waals surface area contributed by atoms with Crippen LogP contribution in [0.15, 0.2) is 0 Å². The molecule has 0 aromatic carbocycles. The van der Waals surface area contributed by atoms with E-state index in [1.54, 1.807) is 0 Å². The molecule has 0 aromatic heterocycles. The monoisotopic (exact) mass is 588 g/mol. The van der Waals surface area contributed by atoms with E-state index in [1.807, 2.05) is 0 Å².